The average Bonchev–Trinajstić information content (AvgIpc) is 3.04. The molecule has 0 aliphatic heterocycles. The van der Waals surface area contributed by atoms with Crippen molar-refractivity contribution in [2.45, 2.75) is 26.1 Å². The summed E-state index contributed by atoms with van der Waals surface area (Å²) in [7, 11) is 0. The van der Waals surface area contributed by atoms with Crippen molar-refractivity contribution in [2.75, 3.05) is 5.73 Å². The Morgan fingerprint density at radius 3 is 2.54 bits per heavy atom. The Morgan fingerprint density at radius 2 is 1.88 bits per heavy atom. The van der Waals surface area contributed by atoms with Gasteiger partial charge in [-0.15, -0.1) is 0 Å². The van der Waals surface area contributed by atoms with E-state index in [4.69, 9.17) is 15.0 Å². The normalized spacial score (nSPS) is 11.8. The molecule has 0 saturated carbocycles. The Balaban J connectivity index is 2.01. The first-order chi connectivity index (χ1) is 12.3. The number of ether oxygens (including phenoxy) is 1. The van der Waals surface area contributed by atoms with Crippen molar-refractivity contribution >= 4 is 5.82 Å². The van der Waals surface area contributed by atoms with Crippen molar-refractivity contribution in [2.24, 2.45) is 0 Å². The highest BCUT2D eigenvalue weighted by Gasteiger charge is 2.35. The fourth-order valence-electron chi connectivity index (χ4n) is 2.20. The Morgan fingerprint density at radius 1 is 1.15 bits per heavy atom. The standard InChI is InChI=1S/C16H14F3N5O2/c1-8(2)25-11-4-3-9(7-10(11)16(17,18)19)15-23-14(24-26-15)12-13(20)22-6-5-21-12/h3-8H,1-2H3,(H2,20,22). The Labute approximate surface area is 146 Å². The number of nitrogen functional groups attached to an aromatic ring is 1. The topological polar surface area (TPSA) is 100.0 Å². The Hall–Kier alpha value is -3.17. The highest BCUT2D eigenvalue weighted by atomic mass is 19.4. The van der Waals surface area contributed by atoms with E-state index in [1.165, 1.54) is 24.5 Å². The second-order valence-electron chi connectivity index (χ2n) is 5.59. The lowest BCUT2D eigenvalue weighted by Crippen LogP contribution is -2.13. The van der Waals surface area contributed by atoms with Gasteiger partial charge in [0.25, 0.3) is 5.89 Å². The molecule has 0 unspecified atom stereocenters. The van der Waals surface area contributed by atoms with Crippen LogP contribution in [0.5, 0.6) is 5.75 Å². The molecule has 136 valence electrons. The summed E-state index contributed by atoms with van der Waals surface area (Å²) >= 11 is 0. The zero-order chi connectivity index (χ0) is 18.9. The molecule has 2 heterocycles. The SMILES string of the molecule is CC(C)Oc1ccc(-c2nc(-c3nccnc3N)no2)cc1C(F)(F)F. The number of rotatable bonds is 4. The molecule has 3 rings (SSSR count). The molecule has 0 fully saturated rings. The highest BCUT2D eigenvalue weighted by molar-refractivity contribution is 5.65. The maximum atomic E-state index is 13.3. The molecule has 0 saturated heterocycles. The van der Waals surface area contributed by atoms with Crippen LogP contribution in [-0.4, -0.2) is 26.2 Å². The fraction of sp³-hybridized carbons (Fsp3) is 0.250. The van der Waals surface area contributed by atoms with Crippen LogP contribution in [-0.2, 0) is 6.18 Å². The van der Waals surface area contributed by atoms with Crippen molar-refractivity contribution in [3.05, 3.63) is 36.2 Å². The van der Waals surface area contributed by atoms with Crippen LogP contribution >= 0.6 is 0 Å². The zero-order valence-electron chi connectivity index (χ0n) is 13.8. The van der Waals surface area contributed by atoms with Crippen LogP contribution in [0.3, 0.4) is 0 Å². The summed E-state index contributed by atoms with van der Waals surface area (Å²) in [6.45, 7) is 3.29. The summed E-state index contributed by atoms with van der Waals surface area (Å²) in [5, 5.41) is 3.71. The van der Waals surface area contributed by atoms with Gasteiger partial charge in [0.05, 0.1) is 11.7 Å². The van der Waals surface area contributed by atoms with Gasteiger partial charge in [-0.3, -0.25) is 0 Å². The molecule has 0 radical (unpaired) electrons. The van der Waals surface area contributed by atoms with Crippen LogP contribution in [0.2, 0.25) is 0 Å². The van der Waals surface area contributed by atoms with Gasteiger partial charge in [0.15, 0.2) is 11.5 Å². The van der Waals surface area contributed by atoms with Crippen LogP contribution in [0, 0.1) is 0 Å². The van der Waals surface area contributed by atoms with Gasteiger partial charge >= 0.3 is 6.18 Å². The molecule has 0 aliphatic rings. The summed E-state index contributed by atoms with van der Waals surface area (Å²) in [4.78, 5) is 11.9. The highest BCUT2D eigenvalue weighted by Crippen LogP contribution is 2.39. The van der Waals surface area contributed by atoms with Crippen molar-refractivity contribution in [1.82, 2.24) is 20.1 Å². The first kappa shape index (κ1) is 17.6. The number of anilines is 1. The second kappa shape index (κ2) is 6.62. The second-order valence-corrected chi connectivity index (χ2v) is 5.59. The van der Waals surface area contributed by atoms with Gasteiger partial charge in [-0.05, 0) is 32.0 Å². The number of hydrogen-bond donors (Lipinski definition) is 1. The molecule has 1 aromatic carbocycles. The lowest BCUT2D eigenvalue weighted by Gasteiger charge is -2.16. The third-order valence-electron chi connectivity index (χ3n) is 3.26. The molecule has 0 aliphatic carbocycles. The minimum atomic E-state index is -4.60. The maximum absolute atomic E-state index is 13.3. The van der Waals surface area contributed by atoms with Crippen molar-refractivity contribution in [3.8, 4) is 28.7 Å². The lowest BCUT2D eigenvalue weighted by atomic mass is 10.1. The van der Waals surface area contributed by atoms with Crippen LogP contribution in [0.4, 0.5) is 19.0 Å². The number of alkyl halides is 3. The van der Waals surface area contributed by atoms with Gasteiger partial charge in [-0.2, -0.15) is 18.2 Å². The van der Waals surface area contributed by atoms with Gasteiger partial charge in [0.1, 0.15) is 5.75 Å². The molecular formula is C16H14F3N5O2. The summed E-state index contributed by atoms with van der Waals surface area (Å²) in [6.07, 6.45) is -2.22. The minimum absolute atomic E-state index is 0.0293. The molecule has 2 aromatic heterocycles. The first-order valence-corrected chi connectivity index (χ1v) is 7.54. The van der Waals surface area contributed by atoms with Crippen molar-refractivity contribution in [1.29, 1.82) is 0 Å². The van der Waals surface area contributed by atoms with E-state index >= 15 is 0 Å². The number of halogens is 3. The lowest BCUT2D eigenvalue weighted by molar-refractivity contribution is -0.139. The van der Waals surface area contributed by atoms with Crippen molar-refractivity contribution < 1.29 is 22.4 Å². The fourth-order valence-corrected chi connectivity index (χ4v) is 2.20. The molecule has 2 N–H and O–H groups in total. The minimum Gasteiger partial charge on any atom is -0.490 e. The average molecular weight is 365 g/mol. The largest absolute Gasteiger partial charge is 0.490 e. The van der Waals surface area contributed by atoms with Gasteiger partial charge in [-0.1, -0.05) is 5.16 Å². The molecule has 10 heteroatoms. The van der Waals surface area contributed by atoms with E-state index in [9.17, 15) is 13.2 Å². The van der Waals surface area contributed by atoms with E-state index in [1.807, 2.05) is 0 Å². The predicted molar refractivity (Wildman–Crippen MR) is 85.9 cm³/mol. The summed E-state index contributed by atoms with van der Waals surface area (Å²) < 4.78 is 50.3. The van der Waals surface area contributed by atoms with Crippen LogP contribution in [0.15, 0.2) is 35.1 Å². The number of nitrogens with zero attached hydrogens (tertiary/aromatic N) is 4. The maximum Gasteiger partial charge on any atom is 0.419 e. The first-order valence-electron chi connectivity index (χ1n) is 7.54. The van der Waals surface area contributed by atoms with E-state index in [1.54, 1.807) is 13.8 Å². The van der Waals surface area contributed by atoms with Crippen LogP contribution < -0.4 is 10.5 Å². The third kappa shape index (κ3) is 3.58. The summed E-state index contributed by atoms with van der Waals surface area (Å²) in [5.74, 6) is -0.265. The molecule has 3 aromatic rings. The van der Waals surface area contributed by atoms with E-state index in [2.05, 4.69) is 20.1 Å². The molecular weight excluding hydrogens is 351 g/mol. The number of hydrogen-bond acceptors (Lipinski definition) is 7. The number of benzene rings is 1. The number of nitrogens with two attached hydrogens (primary N) is 1. The van der Waals surface area contributed by atoms with Crippen molar-refractivity contribution in [3.63, 3.8) is 0 Å². The third-order valence-corrected chi connectivity index (χ3v) is 3.26. The van der Waals surface area contributed by atoms with Crippen LogP contribution in [0.1, 0.15) is 19.4 Å². The van der Waals surface area contributed by atoms with Gasteiger partial charge in [0, 0.05) is 18.0 Å². The van der Waals surface area contributed by atoms with Crippen LogP contribution in [0.25, 0.3) is 23.0 Å². The van der Waals surface area contributed by atoms with E-state index in [-0.39, 0.29) is 34.5 Å². The summed E-state index contributed by atoms with van der Waals surface area (Å²) in [6, 6.07) is 3.53. The van der Waals surface area contributed by atoms with E-state index in [0.717, 1.165) is 6.07 Å². The molecule has 26 heavy (non-hydrogen) atoms. The zero-order valence-corrected chi connectivity index (χ0v) is 13.8. The summed E-state index contributed by atoms with van der Waals surface area (Å²) in [5.41, 5.74) is 5.03. The molecule has 0 atom stereocenters. The molecule has 0 amide bonds. The Kier molecular flexibility index (Phi) is 4.49. The quantitative estimate of drug-likeness (QED) is 0.754. The van der Waals surface area contributed by atoms with Gasteiger partial charge in [0.2, 0.25) is 5.82 Å². The van der Waals surface area contributed by atoms with E-state index in [0.29, 0.717) is 0 Å². The van der Waals surface area contributed by atoms with Gasteiger partial charge < -0.3 is 15.0 Å². The Bertz CT molecular complexity index is 924. The monoisotopic (exact) mass is 365 g/mol. The molecule has 0 bridgehead atoms. The van der Waals surface area contributed by atoms with Gasteiger partial charge in [-0.25, -0.2) is 9.97 Å². The van der Waals surface area contributed by atoms with E-state index < -0.39 is 17.8 Å². The predicted octanol–water partition coefficient (Wildman–Crippen LogP) is 3.58. The molecule has 7 nitrogen and oxygen atoms in total. The smallest absolute Gasteiger partial charge is 0.419 e. The number of aromatic nitrogens is 4. The molecule has 0 spiro atoms.